The van der Waals surface area contributed by atoms with Gasteiger partial charge >= 0.3 is 5.97 Å². The van der Waals surface area contributed by atoms with Crippen LogP contribution in [-0.4, -0.2) is 41.5 Å². The van der Waals surface area contributed by atoms with E-state index < -0.39 is 5.97 Å². The monoisotopic (exact) mass is 424 g/mol. The Labute approximate surface area is 143 Å². The van der Waals surface area contributed by atoms with Crippen LogP contribution in [0.15, 0.2) is 24.3 Å². The minimum Gasteiger partial charge on any atom is -0.481 e. The van der Waals surface area contributed by atoms with Crippen LogP contribution in [0.25, 0.3) is 0 Å². The molecule has 1 fully saturated rings. The quantitative estimate of drug-likeness (QED) is 0.729. The molecule has 116 valence electrons. The van der Waals surface area contributed by atoms with Crippen LogP contribution in [-0.2, 0) is 9.59 Å². The SMILES string of the molecule is Cl.O=C(CN1CCCC(C(=O)O)C1)Nc1ccccc1I. The van der Waals surface area contributed by atoms with Crippen LogP contribution < -0.4 is 5.32 Å². The first-order valence-corrected chi connectivity index (χ1v) is 7.63. The van der Waals surface area contributed by atoms with Crippen LogP contribution in [0.2, 0.25) is 0 Å². The molecule has 1 unspecified atom stereocenters. The van der Waals surface area contributed by atoms with Gasteiger partial charge in [-0.25, -0.2) is 0 Å². The number of likely N-dealkylation sites (tertiary alicyclic amines) is 1. The first-order valence-electron chi connectivity index (χ1n) is 6.56. The molecule has 0 bridgehead atoms. The highest BCUT2D eigenvalue weighted by Gasteiger charge is 2.26. The number of nitrogens with one attached hydrogen (secondary N) is 1. The Balaban J connectivity index is 0.00000220. The zero-order valence-corrected chi connectivity index (χ0v) is 14.4. The lowest BCUT2D eigenvalue weighted by atomic mass is 9.98. The fraction of sp³-hybridized carbons (Fsp3) is 0.429. The number of anilines is 1. The molecule has 0 spiro atoms. The number of amides is 1. The highest BCUT2D eigenvalue weighted by Crippen LogP contribution is 2.18. The van der Waals surface area contributed by atoms with Gasteiger partial charge in [0.05, 0.1) is 18.2 Å². The zero-order chi connectivity index (χ0) is 14.5. The van der Waals surface area contributed by atoms with E-state index in [1.165, 1.54) is 0 Å². The number of aliphatic carboxylic acids is 1. The third-order valence-corrected chi connectivity index (χ3v) is 4.31. The number of piperidine rings is 1. The molecule has 1 atom stereocenters. The Kier molecular flexibility index (Phi) is 7.41. The fourth-order valence-corrected chi connectivity index (χ4v) is 2.88. The molecule has 1 heterocycles. The molecule has 5 nitrogen and oxygen atoms in total. The number of carboxylic acid groups (broad SMARTS) is 1. The first kappa shape index (κ1) is 18.2. The third kappa shape index (κ3) is 5.44. The number of hydrogen-bond donors (Lipinski definition) is 2. The highest BCUT2D eigenvalue weighted by atomic mass is 127. The molecule has 21 heavy (non-hydrogen) atoms. The second-order valence-corrected chi connectivity index (χ2v) is 6.10. The molecule has 0 saturated carbocycles. The summed E-state index contributed by atoms with van der Waals surface area (Å²) in [5, 5.41) is 11.9. The van der Waals surface area contributed by atoms with E-state index in [9.17, 15) is 9.59 Å². The smallest absolute Gasteiger partial charge is 0.307 e. The summed E-state index contributed by atoms with van der Waals surface area (Å²) in [5.41, 5.74) is 0.796. The Hall–Kier alpha value is -0.860. The van der Waals surface area contributed by atoms with Gasteiger partial charge < -0.3 is 10.4 Å². The Morgan fingerprint density at radius 1 is 1.38 bits per heavy atom. The predicted octanol–water partition coefficient (Wildman–Crippen LogP) is 2.45. The van der Waals surface area contributed by atoms with Crippen LogP contribution in [0.1, 0.15) is 12.8 Å². The fourth-order valence-electron chi connectivity index (χ4n) is 2.36. The lowest BCUT2D eigenvalue weighted by Gasteiger charge is -2.29. The molecule has 1 aromatic carbocycles. The van der Waals surface area contributed by atoms with Gasteiger partial charge in [-0.3, -0.25) is 14.5 Å². The molecule has 0 radical (unpaired) electrons. The number of nitrogens with zero attached hydrogens (tertiary/aromatic N) is 1. The molecule has 1 saturated heterocycles. The van der Waals surface area contributed by atoms with Crippen LogP contribution in [0, 0.1) is 9.49 Å². The average molecular weight is 425 g/mol. The van der Waals surface area contributed by atoms with Gasteiger partial charge in [-0.2, -0.15) is 0 Å². The summed E-state index contributed by atoms with van der Waals surface area (Å²) in [6.45, 7) is 1.48. The number of hydrogen-bond acceptors (Lipinski definition) is 3. The van der Waals surface area contributed by atoms with Gasteiger partial charge in [0.2, 0.25) is 5.91 Å². The van der Waals surface area contributed by atoms with Crippen LogP contribution >= 0.6 is 35.0 Å². The van der Waals surface area contributed by atoms with Gasteiger partial charge in [0, 0.05) is 10.1 Å². The number of rotatable bonds is 4. The molecule has 1 aromatic rings. The van der Waals surface area contributed by atoms with E-state index in [4.69, 9.17) is 5.11 Å². The van der Waals surface area contributed by atoms with Crippen molar-refractivity contribution in [2.45, 2.75) is 12.8 Å². The maximum atomic E-state index is 12.0. The lowest BCUT2D eigenvalue weighted by molar-refractivity contribution is -0.144. The molecule has 1 aliphatic rings. The van der Waals surface area contributed by atoms with Crippen molar-refractivity contribution < 1.29 is 14.7 Å². The zero-order valence-electron chi connectivity index (χ0n) is 11.4. The van der Waals surface area contributed by atoms with Gasteiger partial charge in [0.1, 0.15) is 0 Å². The van der Waals surface area contributed by atoms with Gasteiger partial charge in [0.15, 0.2) is 0 Å². The number of carbonyl (C=O) groups excluding carboxylic acids is 1. The lowest BCUT2D eigenvalue weighted by Crippen LogP contribution is -2.42. The molecule has 7 heteroatoms. The first-order chi connectivity index (χ1) is 9.56. The van der Waals surface area contributed by atoms with Gasteiger partial charge in [-0.05, 0) is 54.1 Å². The highest BCUT2D eigenvalue weighted by molar-refractivity contribution is 14.1. The Bertz CT molecular complexity index is 513. The van der Waals surface area contributed by atoms with Crippen LogP contribution in [0.5, 0.6) is 0 Å². The third-order valence-electron chi connectivity index (χ3n) is 3.37. The summed E-state index contributed by atoms with van der Waals surface area (Å²) in [6, 6.07) is 7.58. The van der Waals surface area contributed by atoms with Gasteiger partial charge in [0.25, 0.3) is 0 Å². The van der Waals surface area contributed by atoms with E-state index in [0.717, 1.165) is 22.2 Å². The number of carbonyl (C=O) groups is 2. The second kappa shape index (κ2) is 8.55. The second-order valence-electron chi connectivity index (χ2n) is 4.94. The molecular formula is C14H18ClIN2O3. The Morgan fingerprint density at radius 2 is 2.10 bits per heavy atom. The van der Waals surface area contributed by atoms with E-state index in [1.54, 1.807) is 0 Å². The number of para-hydroxylation sites is 1. The van der Waals surface area contributed by atoms with Crippen LogP contribution in [0.4, 0.5) is 5.69 Å². The minimum absolute atomic E-state index is 0. The van der Waals surface area contributed by atoms with Crippen LogP contribution in [0.3, 0.4) is 0 Å². The summed E-state index contributed by atoms with van der Waals surface area (Å²) >= 11 is 2.17. The number of carboxylic acids is 1. The molecular weight excluding hydrogens is 407 g/mol. The molecule has 1 aliphatic heterocycles. The van der Waals surface area contributed by atoms with Crippen molar-refractivity contribution in [3.63, 3.8) is 0 Å². The summed E-state index contributed by atoms with van der Waals surface area (Å²) < 4.78 is 0.987. The van der Waals surface area contributed by atoms with Crippen molar-refractivity contribution in [1.29, 1.82) is 0 Å². The van der Waals surface area contributed by atoms with Crippen molar-refractivity contribution in [2.24, 2.45) is 5.92 Å². The van der Waals surface area contributed by atoms with E-state index >= 15 is 0 Å². The van der Waals surface area contributed by atoms with E-state index in [2.05, 4.69) is 27.9 Å². The van der Waals surface area contributed by atoms with E-state index in [0.29, 0.717) is 13.0 Å². The number of benzene rings is 1. The maximum absolute atomic E-state index is 12.0. The normalized spacial score (nSPS) is 18.6. The minimum atomic E-state index is -0.771. The van der Waals surface area contributed by atoms with Crippen molar-refractivity contribution in [3.8, 4) is 0 Å². The van der Waals surface area contributed by atoms with Crippen molar-refractivity contribution in [1.82, 2.24) is 4.90 Å². The molecule has 0 aliphatic carbocycles. The van der Waals surface area contributed by atoms with Gasteiger partial charge in [-0.15, -0.1) is 12.4 Å². The molecule has 2 rings (SSSR count). The summed E-state index contributed by atoms with van der Waals surface area (Å²) in [4.78, 5) is 24.9. The van der Waals surface area contributed by atoms with Gasteiger partial charge in [-0.1, -0.05) is 12.1 Å². The summed E-state index contributed by atoms with van der Waals surface area (Å²) in [6.07, 6.45) is 1.52. The number of halogens is 2. The van der Waals surface area contributed by atoms with Crippen molar-refractivity contribution in [2.75, 3.05) is 25.0 Å². The molecule has 1 amide bonds. The van der Waals surface area contributed by atoms with E-state index in [1.807, 2.05) is 29.2 Å². The molecule has 2 N–H and O–H groups in total. The standard InChI is InChI=1S/C14H17IN2O3.ClH/c15-11-5-1-2-6-12(11)16-13(18)9-17-7-3-4-10(8-17)14(19)20;/h1-2,5-6,10H,3-4,7-9H2,(H,16,18)(H,19,20);1H. The topological polar surface area (TPSA) is 69.6 Å². The van der Waals surface area contributed by atoms with Crippen molar-refractivity contribution in [3.05, 3.63) is 27.8 Å². The predicted molar refractivity (Wildman–Crippen MR) is 91.8 cm³/mol. The largest absolute Gasteiger partial charge is 0.481 e. The van der Waals surface area contributed by atoms with Crippen molar-refractivity contribution >= 4 is 52.6 Å². The summed E-state index contributed by atoms with van der Waals surface area (Å²) in [7, 11) is 0. The maximum Gasteiger partial charge on any atom is 0.307 e. The average Bonchev–Trinajstić information content (AvgIpc) is 2.41. The van der Waals surface area contributed by atoms with E-state index in [-0.39, 0.29) is 30.8 Å². The Morgan fingerprint density at radius 3 is 2.76 bits per heavy atom. The molecule has 0 aromatic heterocycles. The summed E-state index contributed by atoms with van der Waals surface area (Å²) in [5.74, 6) is -1.22.